The Labute approximate surface area is 174 Å². The van der Waals surface area contributed by atoms with Crippen LogP contribution in [0.1, 0.15) is 26.6 Å². The summed E-state index contributed by atoms with van der Waals surface area (Å²) in [7, 11) is -3.65. The lowest BCUT2D eigenvalue weighted by atomic mass is 10.2. The molecule has 0 aliphatic heterocycles. The van der Waals surface area contributed by atoms with Crippen molar-refractivity contribution in [3.63, 3.8) is 0 Å². The van der Waals surface area contributed by atoms with Gasteiger partial charge in [0.25, 0.3) is 5.91 Å². The van der Waals surface area contributed by atoms with Crippen molar-refractivity contribution >= 4 is 32.4 Å². The lowest BCUT2D eigenvalue weighted by Crippen LogP contribution is -2.30. The van der Waals surface area contributed by atoms with Gasteiger partial charge < -0.3 is 4.90 Å². The lowest BCUT2D eigenvalue weighted by molar-refractivity contribution is 0.0977. The normalized spacial score (nSPS) is 11.4. The Kier molecular flexibility index (Phi) is 6.33. The van der Waals surface area contributed by atoms with Crippen LogP contribution in [0.5, 0.6) is 0 Å². The second-order valence-electron chi connectivity index (χ2n) is 6.71. The number of hydrogen-bond donors (Lipinski definition) is 1. The van der Waals surface area contributed by atoms with E-state index in [1.54, 1.807) is 13.1 Å². The second-order valence-corrected chi connectivity index (χ2v) is 9.64. The monoisotopic (exact) mass is 433 g/mol. The van der Waals surface area contributed by atoms with Crippen molar-refractivity contribution in [1.82, 2.24) is 19.5 Å². The first-order valence-corrected chi connectivity index (χ1v) is 11.7. The van der Waals surface area contributed by atoms with E-state index in [0.717, 1.165) is 17.5 Å². The molecule has 3 rings (SSSR count). The summed E-state index contributed by atoms with van der Waals surface area (Å²) in [6, 6.07) is 11.9. The topological polar surface area (TPSA) is 97.2 Å². The second kappa shape index (κ2) is 8.75. The molecule has 2 aromatic heterocycles. The fourth-order valence-electron chi connectivity index (χ4n) is 2.84. The smallest absolute Gasteiger partial charge is 0.284 e. The molecule has 154 valence electrons. The summed E-state index contributed by atoms with van der Waals surface area (Å²) in [5.74, 6) is -0.713. The number of rotatable bonds is 8. The highest BCUT2D eigenvalue weighted by molar-refractivity contribution is 7.89. The average Bonchev–Trinajstić information content (AvgIpc) is 3.23. The quantitative estimate of drug-likeness (QED) is 0.586. The molecule has 0 radical (unpaired) electrons. The van der Waals surface area contributed by atoms with Crippen LogP contribution in [0.25, 0.3) is 0 Å². The van der Waals surface area contributed by atoms with Crippen LogP contribution in [-0.2, 0) is 23.1 Å². The van der Waals surface area contributed by atoms with Gasteiger partial charge in [0.1, 0.15) is 5.69 Å². The van der Waals surface area contributed by atoms with Gasteiger partial charge in [-0.1, -0.05) is 30.3 Å². The van der Waals surface area contributed by atoms with Gasteiger partial charge >= 0.3 is 0 Å². The highest BCUT2D eigenvalue weighted by atomic mass is 32.2. The summed E-state index contributed by atoms with van der Waals surface area (Å²) in [4.78, 5) is 19.5. The molecule has 1 aromatic carbocycles. The van der Waals surface area contributed by atoms with E-state index in [1.165, 1.54) is 11.3 Å². The number of carbonyl (C=O) groups is 1. The summed E-state index contributed by atoms with van der Waals surface area (Å²) in [5.41, 5.74) is 2.30. The molecule has 8 nitrogen and oxygen atoms in total. The molecule has 0 unspecified atom stereocenters. The predicted octanol–water partition coefficient (Wildman–Crippen LogP) is 2.35. The Morgan fingerprint density at radius 3 is 2.55 bits per heavy atom. The molecule has 10 heteroatoms. The van der Waals surface area contributed by atoms with Crippen LogP contribution < -0.4 is 9.62 Å². The maximum atomic E-state index is 12.3. The molecule has 29 heavy (non-hydrogen) atoms. The van der Waals surface area contributed by atoms with Gasteiger partial charge in [-0.2, -0.15) is 5.10 Å². The summed E-state index contributed by atoms with van der Waals surface area (Å²) in [5, 5.41) is 4.98. The minimum Gasteiger partial charge on any atom is -0.342 e. The van der Waals surface area contributed by atoms with Gasteiger partial charge in [0.15, 0.2) is 5.13 Å². The number of aromatic nitrogens is 3. The molecule has 2 heterocycles. The SMILES string of the molecule is Cc1sc(N(CCn2nccc2C)Cc2ccccc2)nc1C(=O)NS(C)(=O)=O. The number of aryl methyl sites for hydroxylation is 2. The average molecular weight is 434 g/mol. The number of anilines is 1. The molecule has 0 spiro atoms. The summed E-state index contributed by atoms with van der Waals surface area (Å²) >= 11 is 1.37. The first-order chi connectivity index (χ1) is 13.7. The van der Waals surface area contributed by atoms with Gasteiger partial charge in [-0.05, 0) is 25.5 Å². The molecule has 0 fully saturated rings. The Morgan fingerprint density at radius 2 is 1.93 bits per heavy atom. The van der Waals surface area contributed by atoms with E-state index in [4.69, 9.17) is 0 Å². The van der Waals surface area contributed by atoms with Crippen molar-refractivity contribution < 1.29 is 13.2 Å². The first-order valence-electron chi connectivity index (χ1n) is 9.00. The van der Waals surface area contributed by atoms with Crippen LogP contribution >= 0.6 is 11.3 Å². The Hall–Kier alpha value is -2.72. The molecule has 3 aromatic rings. The minimum absolute atomic E-state index is 0.128. The van der Waals surface area contributed by atoms with Gasteiger partial charge in [-0.15, -0.1) is 11.3 Å². The molecule has 0 aliphatic rings. The Balaban J connectivity index is 1.86. The van der Waals surface area contributed by atoms with E-state index >= 15 is 0 Å². The van der Waals surface area contributed by atoms with Crippen LogP contribution in [0.4, 0.5) is 5.13 Å². The van der Waals surface area contributed by atoms with Crippen LogP contribution in [0.15, 0.2) is 42.6 Å². The van der Waals surface area contributed by atoms with Gasteiger partial charge in [0, 0.05) is 29.9 Å². The van der Waals surface area contributed by atoms with Gasteiger partial charge in [-0.3, -0.25) is 9.48 Å². The summed E-state index contributed by atoms with van der Waals surface area (Å²) in [6.07, 6.45) is 2.71. The standard InChI is InChI=1S/C19H23N5O3S2/c1-14-9-10-20-24(14)12-11-23(13-16-7-5-4-6-8-16)19-21-17(15(2)28-19)18(25)22-29(3,26)27/h4-10H,11-13H2,1-3H3,(H,22,25). The fraction of sp³-hybridized carbons (Fsp3) is 0.316. The van der Waals surface area contributed by atoms with Crippen LogP contribution in [-0.4, -0.2) is 41.9 Å². The summed E-state index contributed by atoms with van der Waals surface area (Å²) < 4.78 is 26.7. The highest BCUT2D eigenvalue weighted by Crippen LogP contribution is 2.27. The largest absolute Gasteiger partial charge is 0.342 e. The number of carbonyl (C=O) groups excluding carboxylic acids is 1. The molecule has 1 amide bonds. The highest BCUT2D eigenvalue weighted by Gasteiger charge is 2.21. The number of thiazole rings is 1. The maximum absolute atomic E-state index is 12.3. The molecule has 0 saturated carbocycles. The molecule has 0 aliphatic carbocycles. The third kappa shape index (κ3) is 5.64. The van der Waals surface area contributed by atoms with E-state index in [-0.39, 0.29) is 5.69 Å². The van der Waals surface area contributed by atoms with Crippen molar-refractivity contribution in [2.24, 2.45) is 0 Å². The minimum atomic E-state index is -3.65. The third-order valence-electron chi connectivity index (χ3n) is 4.28. The zero-order valence-electron chi connectivity index (χ0n) is 16.5. The number of hydrogen-bond acceptors (Lipinski definition) is 7. The number of benzene rings is 1. The number of nitrogens with one attached hydrogen (secondary N) is 1. The molecule has 1 N–H and O–H groups in total. The van der Waals surface area contributed by atoms with E-state index in [9.17, 15) is 13.2 Å². The van der Waals surface area contributed by atoms with Gasteiger partial charge in [0.05, 0.1) is 12.8 Å². The van der Waals surface area contributed by atoms with Crippen LogP contribution in [0.3, 0.4) is 0 Å². The van der Waals surface area contributed by atoms with Gasteiger partial charge in [-0.25, -0.2) is 18.1 Å². The van der Waals surface area contributed by atoms with E-state index in [2.05, 4.69) is 15.0 Å². The van der Waals surface area contributed by atoms with Gasteiger partial charge in [0.2, 0.25) is 10.0 Å². The molecule has 0 atom stereocenters. The number of amides is 1. The number of nitrogens with zero attached hydrogens (tertiary/aromatic N) is 4. The molecular weight excluding hydrogens is 410 g/mol. The molecular formula is C19H23N5O3S2. The predicted molar refractivity (Wildman–Crippen MR) is 114 cm³/mol. The van der Waals surface area contributed by atoms with E-state index in [0.29, 0.717) is 29.6 Å². The van der Waals surface area contributed by atoms with Crippen LogP contribution in [0.2, 0.25) is 0 Å². The Bertz CT molecular complexity index is 1090. The maximum Gasteiger partial charge on any atom is 0.284 e. The fourth-order valence-corrected chi connectivity index (χ4v) is 4.20. The molecule has 0 bridgehead atoms. The zero-order chi connectivity index (χ0) is 21.0. The van der Waals surface area contributed by atoms with E-state index < -0.39 is 15.9 Å². The lowest BCUT2D eigenvalue weighted by Gasteiger charge is -2.22. The van der Waals surface area contributed by atoms with Crippen molar-refractivity contribution in [3.8, 4) is 0 Å². The van der Waals surface area contributed by atoms with Crippen molar-refractivity contribution in [2.45, 2.75) is 26.9 Å². The molecule has 0 saturated heterocycles. The zero-order valence-corrected chi connectivity index (χ0v) is 18.1. The summed E-state index contributed by atoms with van der Waals surface area (Å²) in [6.45, 7) is 5.67. The van der Waals surface area contributed by atoms with Crippen molar-refractivity contribution in [2.75, 3.05) is 17.7 Å². The van der Waals surface area contributed by atoms with Crippen molar-refractivity contribution in [1.29, 1.82) is 0 Å². The third-order valence-corrected chi connectivity index (χ3v) is 5.86. The first kappa shape index (κ1) is 21.0. The van der Waals surface area contributed by atoms with E-state index in [1.807, 2.05) is 52.7 Å². The Morgan fingerprint density at radius 1 is 1.21 bits per heavy atom. The van der Waals surface area contributed by atoms with Crippen LogP contribution in [0, 0.1) is 13.8 Å². The van der Waals surface area contributed by atoms with Crippen molar-refractivity contribution in [3.05, 3.63) is 64.4 Å². The number of sulfonamides is 1.